The lowest BCUT2D eigenvalue weighted by atomic mass is 10.3. The maximum absolute atomic E-state index is 12.6. The van der Waals surface area contributed by atoms with Gasteiger partial charge in [0.25, 0.3) is 0 Å². The van der Waals surface area contributed by atoms with Crippen molar-refractivity contribution in [3.63, 3.8) is 0 Å². The summed E-state index contributed by atoms with van der Waals surface area (Å²) in [6, 6.07) is 6.34. The van der Waals surface area contributed by atoms with Crippen molar-refractivity contribution in [3.05, 3.63) is 30.1 Å². The van der Waals surface area contributed by atoms with Crippen molar-refractivity contribution in [1.82, 2.24) is 0 Å². The number of rotatable bonds is 4. The molecule has 0 amide bonds. The van der Waals surface area contributed by atoms with Crippen molar-refractivity contribution in [2.24, 2.45) is 5.73 Å². The monoisotopic (exact) mass is 212 g/mol. The van der Waals surface area contributed by atoms with Crippen molar-refractivity contribution < 1.29 is 4.39 Å². The second kappa shape index (κ2) is 4.91. The topological polar surface area (TPSA) is 29.3 Å². The molecule has 0 unspecified atom stereocenters. The molecule has 2 N–H and O–H groups in total. The summed E-state index contributed by atoms with van der Waals surface area (Å²) in [7, 11) is 1.92. The number of hydrogen-bond donors (Lipinski definition) is 1. The molecule has 1 aromatic carbocycles. The fourth-order valence-corrected chi connectivity index (χ4v) is 1.19. The highest BCUT2D eigenvalue weighted by Crippen LogP contribution is 2.12. The molecule has 0 radical (unpaired) electrons. The molecule has 0 atom stereocenters. The SMILES string of the molecule is CN(CCC(N)=S)c1ccc(F)cc1. The Labute approximate surface area is 88.5 Å². The quantitative estimate of drug-likeness (QED) is 0.773. The second-order valence-electron chi connectivity index (χ2n) is 3.11. The molecule has 0 aliphatic rings. The van der Waals surface area contributed by atoms with Crippen molar-refractivity contribution in [2.45, 2.75) is 6.42 Å². The number of nitrogens with zero attached hydrogens (tertiary/aromatic N) is 1. The fourth-order valence-electron chi connectivity index (χ4n) is 1.10. The second-order valence-corrected chi connectivity index (χ2v) is 3.64. The third-order valence-corrected chi connectivity index (χ3v) is 2.17. The summed E-state index contributed by atoms with van der Waals surface area (Å²) in [5.74, 6) is -0.225. The summed E-state index contributed by atoms with van der Waals surface area (Å²) in [5.41, 5.74) is 6.35. The van der Waals surface area contributed by atoms with Gasteiger partial charge in [-0.05, 0) is 24.3 Å². The van der Waals surface area contributed by atoms with Gasteiger partial charge < -0.3 is 10.6 Å². The molecule has 0 saturated carbocycles. The number of nitrogens with two attached hydrogens (primary N) is 1. The molecular formula is C10H13FN2S. The van der Waals surface area contributed by atoms with Crippen LogP contribution in [0.25, 0.3) is 0 Å². The molecule has 0 heterocycles. The van der Waals surface area contributed by atoms with Crippen molar-refractivity contribution >= 4 is 22.9 Å². The zero-order valence-electron chi connectivity index (χ0n) is 8.03. The first-order valence-electron chi connectivity index (χ1n) is 4.34. The van der Waals surface area contributed by atoms with Crippen LogP contribution in [0, 0.1) is 5.82 Å². The van der Waals surface area contributed by atoms with E-state index in [0.29, 0.717) is 11.4 Å². The van der Waals surface area contributed by atoms with Crippen LogP contribution in [0.4, 0.5) is 10.1 Å². The minimum Gasteiger partial charge on any atom is -0.393 e. The maximum Gasteiger partial charge on any atom is 0.123 e. The van der Waals surface area contributed by atoms with E-state index in [4.69, 9.17) is 18.0 Å². The van der Waals surface area contributed by atoms with Crippen molar-refractivity contribution in [1.29, 1.82) is 0 Å². The van der Waals surface area contributed by atoms with Crippen LogP contribution in [0.5, 0.6) is 0 Å². The van der Waals surface area contributed by atoms with Crippen LogP contribution in [0.3, 0.4) is 0 Å². The average Bonchev–Trinajstić information content (AvgIpc) is 2.15. The molecule has 2 nitrogen and oxygen atoms in total. The van der Waals surface area contributed by atoms with Crippen LogP contribution in [0.15, 0.2) is 24.3 Å². The van der Waals surface area contributed by atoms with E-state index in [0.717, 1.165) is 12.2 Å². The molecule has 0 aliphatic heterocycles. The van der Waals surface area contributed by atoms with E-state index < -0.39 is 0 Å². The van der Waals surface area contributed by atoms with E-state index in [1.807, 2.05) is 11.9 Å². The van der Waals surface area contributed by atoms with Crippen molar-refractivity contribution in [2.75, 3.05) is 18.5 Å². The highest BCUT2D eigenvalue weighted by molar-refractivity contribution is 7.80. The molecule has 0 aliphatic carbocycles. The number of halogens is 1. The molecule has 76 valence electrons. The molecule has 1 aromatic rings. The summed E-state index contributed by atoms with van der Waals surface area (Å²) < 4.78 is 12.6. The summed E-state index contributed by atoms with van der Waals surface area (Å²) in [6.07, 6.45) is 0.670. The fraction of sp³-hybridized carbons (Fsp3) is 0.300. The standard InChI is InChI=1S/C10H13FN2S/c1-13(7-6-10(12)14)9-4-2-8(11)3-5-9/h2-5H,6-7H2,1H3,(H2,12,14). The van der Waals surface area contributed by atoms with Crippen LogP contribution < -0.4 is 10.6 Å². The molecule has 0 fully saturated rings. The largest absolute Gasteiger partial charge is 0.393 e. The molecule has 0 bridgehead atoms. The molecule has 0 spiro atoms. The van der Waals surface area contributed by atoms with Gasteiger partial charge in [-0.25, -0.2) is 4.39 Å². The molecule has 14 heavy (non-hydrogen) atoms. The van der Waals surface area contributed by atoms with Crippen LogP contribution in [0.2, 0.25) is 0 Å². The summed E-state index contributed by atoms with van der Waals surface area (Å²) in [6.45, 7) is 0.751. The Morgan fingerprint density at radius 1 is 1.43 bits per heavy atom. The first kappa shape index (κ1) is 10.9. The van der Waals surface area contributed by atoms with Crippen LogP contribution in [-0.4, -0.2) is 18.6 Å². The predicted octanol–water partition coefficient (Wildman–Crippen LogP) is 1.94. The van der Waals surface area contributed by atoms with Gasteiger partial charge in [0.05, 0.1) is 4.99 Å². The number of benzene rings is 1. The number of anilines is 1. The van der Waals surface area contributed by atoms with Gasteiger partial charge in [-0.2, -0.15) is 0 Å². The Hall–Kier alpha value is -1.16. The average molecular weight is 212 g/mol. The van der Waals surface area contributed by atoms with E-state index in [-0.39, 0.29) is 5.82 Å². The van der Waals surface area contributed by atoms with Crippen LogP contribution in [-0.2, 0) is 0 Å². The van der Waals surface area contributed by atoms with E-state index in [1.165, 1.54) is 12.1 Å². The Morgan fingerprint density at radius 3 is 2.50 bits per heavy atom. The van der Waals surface area contributed by atoms with E-state index in [9.17, 15) is 4.39 Å². The Kier molecular flexibility index (Phi) is 3.83. The Bertz CT molecular complexity index is 310. The minimum atomic E-state index is -0.225. The number of thiocarbonyl (C=S) groups is 1. The predicted molar refractivity (Wildman–Crippen MR) is 61.1 cm³/mol. The lowest BCUT2D eigenvalue weighted by Gasteiger charge is -2.18. The zero-order valence-corrected chi connectivity index (χ0v) is 8.85. The summed E-state index contributed by atoms with van der Waals surface area (Å²) in [5, 5.41) is 0. The van der Waals surface area contributed by atoms with E-state index >= 15 is 0 Å². The van der Waals surface area contributed by atoms with Gasteiger partial charge in [-0.3, -0.25) is 0 Å². The van der Waals surface area contributed by atoms with Gasteiger partial charge in [0, 0.05) is 25.7 Å². The number of hydrogen-bond acceptors (Lipinski definition) is 2. The molecule has 0 aromatic heterocycles. The van der Waals surface area contributed by atoms with Crippen LogP contribution in [0.1, 0.15) is 6.42 Å². The van der Waals surface area contributed by atoms with E-state index in [2.05, 4.69) is 0 Å². The third kappa shape index (κ3) is 3.30. The van der Waals surface area contributed by atoms with Gasteiger partial charge >= 0.3 is 0 Å². The summed E-state index contributed by atoms with van der Waals surface area (Å²) >= 11 is 4.78. The molecule has 4 heteroatoms. The lowest BCUT2D eigenvalue weighted by molar-refractivity contribution is 0.627. The minimum absolute atomic E-state index is 0.225. The van der Waals surface area contributed by atoms with Gasteiger partial charge in [0.2, 0.25) is 0 Å². The first-order valence-corrected chi connectivity index (χ1v) is 4.75. The zero-order chi connectivity index (χ0) is 10.6. The smallest absolute Gasteiger partial charge is 0.123 e. The van der Waals surface area contributed by atoms with Crippen LogP contribution >= 0.6 is 12.2 Å². The molecule has 0 saturated heterocycles. The third-order valence-electron chi connectivity index (χ3n) is 1.96. The van der Waals surface area contributed by atoms with Gasteiger partial charge in [-0.1, -0.05) is 12.2 Å². The van der Waals surface area contributed by atoms with Gasteiger partial charge in [-0.15, -0.1) is 0 Å². The Morgan fingerprint density at radius 2 is 2.00 bits per heavy atom. The maximum atomic E-state index is 12.6. The highest BCUT2D eigenvalue weighted by atomic mass is 32.1. The van der Waals surface area contributed by atoms with Crippen molar-refractivity contribution in [3.8, 4) is 0 Å². The summed E-state index contributed by atoms with van der Waals surface area (Å²) in [4.78, 5) is 2.48. The first-order chi connectivity index (χ1) is 6.59. The molecule has 1 rings (SSSR count). The molecular weight excluding hydrogens is 199 g/mol. The Balaban J connectivity index is 2.56. The van der Waals surface area contributed by atoms with E-state index in [1.54, 1.807) is 12.1 Å². The van der Waals surface area contributed by atoms with Gasteiger partial charge in [0.1, 0.15) is 5.82 Å². The highest BCUT2D eigenvalue weighted by Gasteiger charge is 2.00. The van der Waals surface area contributed by atoms with Gasteiger partial charge in [0.15, 0.2) is 0 Å². The normalized spacial score (nSPS) is 9.86. The lowest BCUT2D eigenvalue weighted by Crippen LogP contribution is -2.23.